The number of halogens is 1. The van der Waals surface area contributed by atoms with Gasteiger partial charge in [-0.15, -0.1) is 0 Å². The summed E-state index contributed by atoms with van der Waals surface area (Å²) in [6.07, 6.45) is 3.50. The molecule has 1 saturated heterocycles. The summed E-state index contributed by atoms with van der Waals surface area (Å²) in [6, 6.07) is 10.9. The van der Waals surface area contributed by atoms with Crippen LogP contribution in [0.4, 0.5) is 0 Å². The zero-order valence-electron chi connectivity index (χ0n) is 14.2. The standard InChI is InChI=1S/C19H22ClN3O2/c1-14(23-9-11-25-12-10-23)19(24)22-18(16-3-2-8-21-13-16)15-4-6-17(20)7-5-15/h2-8,13-14,18H,9-12H2,1H3,(H,22,24). The third kappa shape index (κ3) is 4.57. The number of nitrogens with zero attached hydrogens (tertiary/aromatic N) is 2. The van der Waals surface area contributed by atoms with Crippen LogP contribution in [0.1, 0.15) is 24.1 Å². The van der Waals surface area contributed by atoms with E-state index in [0.29, 0.717) is 18.2 Å². The Morgan fingerprint density at radius 1 is 1.20 bits per heavy atom. The van der Waals surface area contributed by atoms with E-state index >= 15 is 0 Å². The van der Waals surface area contributed by atoms with E-state index in [-0.39, 0.29) is 18.0 Å². The average molecular weight is 360 g/mol. The van der Waals surface area contributed by atoms with Gasteiger partial charge >= 0.3 is 0 Å². The second kappa shape index (κ2) is 8.43. The lowest BCUT2D eigenvalue weighted by atomic mass is 9.99. The molecule has 25 heavy (non-hydrogen) atoms. The highest BCUT2D eigenvalue weighted by Gasteiger charge is 2.26. The molecule has 1 fully saturated rings. The molecule has 2 aromatic rings. The molecule has 0 saturated carbocycles. The topological polar surface area (TPSA) is 54.5 Å². The molecule has 1 aromatic heterocycles. The first-order valence-corrected chi connectivity index (χ1v) is 8.80. The van der Waals surface area contributed by atoms with Gasteiger partial charge in [-0.3, -0.25) is 14.7 Å². The fourth-order valence-electron chi connectivity index (χ4n) is 2.95. The van der Waals surface area contributed by atoms with Gasteiger partial charge in [0.25, 0.3) is 0 Å². The van der Waals surface area contributed by atoms with Crippen molar-refractivity contribution >= 4 is 17.5 Å². The number of hydrogen-bond donors (Lipinski definition) is 1. The summed E-state index contributed by atoms with van der Waals surface area (Å²) in [5.41, 5.74) is 1.91. The Labute approximate surface area is 153 Å². The Kier molecular flexibility index (Phi) is 6.02. The van der Waals surface area contributed by atoms with Crippen molar-refractivity contribution in [2.75, 3.05) is 26.3 Å². The van der Waals surface area contributed by atoms with Crippen LogP contribution in [0.15, 0.2) is 48.8 Å². The van der Waals surface area contributed by atoms with Crippen molar-refractivity contribution < 1.29 is 9.53 Å². The van der Waals surface area contributed by atoms with Gasteiger partial charge in [0.05, 0.1) is 25.3 Å². The van der Waals surface area contributed by atoms with Crippen molar-refractivity contribution in [3.8, 4) is 0 Å². The number of aromatic nitrogens is 1. The fraction of sp³-hybridized carbons (Fsp3) is 0.368. The molecule has 3 rings (SSSR count). The normalized spacial score (nSPS) is 17.7. The molecule has 1 N–H and O–H groups in total. The van der Waals surface area contributed by atoms with E-state index in [9.17, 15) is 4.79 Å². The lowest BCUT2D eigenvalue weighted by Crippen LogP contribution is -2.50. The third-order valence-electron chi connectivity index (χ3n) is 4.48. The van der Waals surface area contributed by atoms with Crippen molar-refractivity contribution in [1.29, 1.82) is 0 Å². The number of carbonyl (C=O) groups is 1. The minimum Gasteiger partial charge on any atom is -0.379 e. The van der Waals surface area contributed by atoms with Gasteiger partial charge in [-0.05, 0) is 36.2 Å². The number of carbonyl (C=O) groups excluding carboxylic acids is 1. The lowest BCUT2D eigenvalue weighted by molar-refractivity contribution is -0.128. The van der Waals surface area contributed by atoms with Crippen LogP contribution in [0.2, 0.25) is 5.02 Å². The summed E-state index contributed by atoms with van der Waals surface area (Å²) in [5, 5.41) is 3.83. The number of ether oxygens (including phenoxy) is 1. The Morgan fingerprint density at radius 2 is 1.92 bits per heavy atom. The molecule has 1 aliphatic heterocycles. The molecule has 2 heterocycles. The number of hydrogen-bond acceptors (Lipinski definition) is 4. The summed E-state index contributed by atoms with van der Waals surface area (Å²) in [7, 11) is 0. The van der Waals surface area contributed by atoms with Crippen molar-refractivity contribution in [2.24, 2.45) is 0 Å². The first kappa shape index (κ1) is 17.9. The number of rotatable bonds is 5. The maximum Gasteiger partial charge on any atom is 0.237 e. The predicted octanol–water partition coefficient (Wildman–Crippen LogP) is 2.66. The van der Waals surface area contributed by atoms with E-state index in [1.807, 2.05) is 43.3 Å². The fourth-order valence-corrected chi connectivity index (χ4v) is 3.08. The minimum atomic E-state index is -0.262. The summed E-state index contributed by atoms with van der Waals surface area (Å²) >= 11 is 6.00. The molecule has 1 aliphatic rings. The molecule has 1 aromatic carbocycles. The Balaban J connectivity index is 1.79. The molecular weight excluding hydrogens is 338 g/mol. The first-order chi connectivity index (χ1) is 12.1. The van der Waals surface area contributed by atoms with Crippen molar-refractivity contribution in [2.45, 2.75) is 19.0 Å². The monoisotopic (exact) mass is 359 g/mol. The van der Waals surface area contributed by atoms with Gasteiger partial charge < -0.3 is 10.1 Å². The van der Waals surface area contributed by atoms with Crippen LogP contribution in [0.25, 0.3) is 0 Å². The quantitative estimate of drug-likeness (QED) is 0.891. The van der Waals surface area contributed by atoms with E-state index in [1.54, 1.807) is 12.4 Å². The van der Waals surface area contributed by atoms with Crippen LogP contribution in [0.5, 0.6) is 0 Å². The Bertz CT molecular complexity index is 688. The maximum atomic E-state index is 12.8. The van der Waals surface area contributed by atoms with E-state index in [0.717, 1.165) is 24.2 Å². The molecule has 5 nitrogen and oxygen atoms in total. The van der Waals surface area contributed by atoms with Crippen LogP contribution >= 0.6 is 11.6 Å². The van der Waals surface area contributed by atoms with Gasteiger partial charge in [0, 0.05) is 30.5 Å². The molecule has 132 valence electrons. The predicted molar refractivity (Wildman–Crippen MR) is 97.5 cm³/mol. The molecule has 2 unspecified atom stereocenters. The number of nitrogens with one attached hydrogen (secondary N) is 1. The summed E-state index contributed by atoms with van der Waals surface area (Å²) in [4.78, 5) is 19.2. The first-order valence-electron chi connectivity index (χ1n) is 8.42. The van der Waals surface area contributed by atoms with Crippen LogP contribution < -0.4 is 5.32 Å². The van der Waals surface area contributed by atoms with E-state index in [2.05, 4.69) is 15.2 Å². The average Bonchev–Trinajstić information content (AvgIpc) is 2.67. The van der Waals surface area contributed by atoms with E-state index < -0.39 is 0 Å². The number of amides is 1. The van der Waals surface area contributed by atoms with E-state index in [4.69, 9.17) is 16.3 Å². The molecule has 1 amide bonds. The van der Waals surface area contributed by atoms with Crippen LogP contribution in [-0.4, -0.2) is 48.1 Å². The second-order valence-corrected chi connectivity index (χ2v) is 6.54. The van der Waals surface area contributed by atoms with Gasteiger partial charge in [-0.25, -0.2) is 0 Å². The van der Waals surface area contributed by atoms with Crippen molar-refractivity contribution in [3.63, 3.8) is 0 Å². The van der Waals surface area contributed by atoms with Gasteiger partial charge in [0.1, 0.15) is 0 Å². The van der Waals surface area contributed by atoms with Gasteiger partial charge in [0.15, 0.2) is 0 Å². The molecule has 0 bridgehead atoms. The number of pyridine rings is 1. The van der Waals surface area contributed by atoms with Gasteiger partial charge in [0.2, 0.25) is 5.91 Å². The Morgan fingerprint density at radius 3 is 2.56 bits per heavy atom. The van der Waals surface area contributed by atoms with Crippen molar-refractivity contribution in [3.05, 3.63) is 64.9 Å². The third-order valence-corrected chi connectivity index (χ3v) is 4.73. The summed E-state index contributed by atoms with van der Waals surface area (Å²) in [6.45, 7) is 4.81. The smallest absolute Gasteiger partial charge is 0.237 e. The zero-order valence-corrected chi connectivity index (χ0v) is 14.9. The molecule has 0 aliphatic carbocycles. The highest BCUT2D eigenvalue weighted by atomic mass is 35.5. The number of benzene rings is 1. The molecule has 0 spiro atoms. The number of morpholine rings is 1. The van der Waals surface area contributed by atoms with Crippen LogP contribution in [0.3, 0.4) is 0 Å². The summed E-state index contributed by atoms with van der Waals surface area (Å²) in [5.74, 6) is -0.00861. The van der Waals surface area contributed by atoms with Crippen molar-refractivity contribution in [1.82, 2.24) is 15.2 Å². The zero-order chi connectivity index (χ0) is 17.6. The molecule has 0 radical (unpaired) electrons. The van der Waals surface area contributed by atoms with Crippen LogP contribution in [0, 0.1) is 0 Å². The minimum absolute atomic E-state index is 0.00861. The van der Waals surface area contributed by atoms with Gasteiger partial charge in [-0.1, -0.05) is 29.8 Å². The lowest BCUT2D eigenvalue weighted by Gasteiger charge is -2.32. The molecule has 2 atom stereocenters. The maximum absolute atomic E-state index is 12.8. The van der Waals surface area contributed by atoms with E-state index in [1.165, 1.54) is 0 Å². The van der Waals surface area contributed by atoms with Crippen LogP contribution in [-0.2, 0) is 9.53 Å². The highest BCUT2D eigenvalue weighted by molar-refractivity contribution is 6.30. The Hall–Kier alpha value is -1.95. The molecular formula is C19H22ClN3O2. The largest absolute Gasteiger partial charge is 0.379 e. The summed E-state index contributed by atoms with van der Waals surface area (Å²) < 4.78 is 5.37. The highest BCUT2D eigenvalue weighted by Crippen LogP contribution is 2.23. The van der Waals surface area contributed by atoms with Gasteiger partial charge in [-0.2, -0.15) is 0 Å². The second-order valence-electron chi connectivity index (χ2n) is 6.10. The molecule has 6 heteroatoms. The SMILES string of the molecule is CC(C(=O)NC(c1ccc(Cl)cc1)c1cccnc1)N1CCOCC1.